The van der Waals surface area contributed by atoms with Crippen LogP contribution in [0.25, 0.3) is 11.3 Å². The summed E-state index contributed by atoms with van der Waals surface area (Å²) in [6.45, 7) is 3.91. The molecule has 1 aromatic heterocycles. The second-order valence-corrected chi connectivity index (χ2v) is 7.98. The SMILES string of the molecule is CN1CCN(c2ccc(-c3ccc(NC(=O)Cc4c(F)cccc4Cl)cc3)nn2)CC1. The largest absolute Gasteiger partial charge is 0.353 e. The molecule has 4 rings (SSSR count). The van der Waals surface area contributed by atoms with Gasteiger partial charge in [0.05, 0.1) is 12.1 Å². The average molecular weight is 440 g/mol. The first-order chi connectivity index (χ1) is 15.0. The number of hydrogen-bond donors (Lipinski definition) is 1. The monoisotopic (exact) mass is 439 g/mol. The number of hydrogen-bond acceptors (Lipinski definition) is 5. The van der Waals surface area contributed by atoms with Crippen LogP contribution < -0.4 is 10.2 Å². The van der Waals surface area contributed by atoms with Crippen LogP contribution >= 0.6 is 11.6 Å². The van der Waals surface area contributed by atoms with E-state index in [1.807, 2.05) is 24.3 Å². The molecule has 8 heteroatoms. The standard InChI is InChI=1S/C23H23ClFN5O/c1-29-11-13-30(14-12-29)22-10-9-21(27-28-22)16-5-7-17(8-6-16)26-23(31)15-18-19(24)3-2-4-20(18)25/h2-10H,11-15H2,1H3,(H,26,31). The molecule has 6 nitrogen and oxygen atoms in total. The van der Waals surface area contributed by atoms with Gasteiger partial charge in [-0.2, -0.15) is 0 Å². The van der Waals surface area contributed by atoms with Gasteiger partial charge in [0.25, 0.3) is 0 Å². The lowest BCUT2D eigenvalue weighted by molar-refractivity contribution is -0.115. The Labute approximate surface area is 185 Å². The lowest BCUT2D eigenvalue weighted by Gasteiger charge is -2.32. The molecule has 2 heterocycles. The Kier molecular flexibility index (Phi) is 6.44. The van der Waals surface area contributed by atoms with Gasteiger partial charge < -0.3 is 15.1 Å². The van der Waals surface area contributed by atoms with Crippen LogP contribution in [0.3, 0.4) is 0 Å². The Morgan fingerprint density at radius 2 is 1.77 bits per heavy atom. The third-order valence-corrected chi connectivity index (χ3v) is 5.70. The number of likely N-dealkylation sites (N-methyl/N-ethyl adjacent to an activating group) is 1. The van der Waals surface area contributed by atoms with Crippen LogP contribution in [0.1, 0.15) is 5.56 Å². The Morgan fingerprint density at radius 1 is 1.03 bits per heavy atom. The van der Waals surface area contributed by atoms with Gasteiger partial charge in [-0.15, -0.1) is 10.2 Å². The van der Waals surface area contributed by atoms with Crippen molar-refractivity contribution in [2.24, 2.45) is 0 Å². The van der Waals surface area contributed by atoms with Gasteiger partial charge in [-0.25, -0.2) is 4.39 Å². The first kappa shape index (κ1) is 21.2. The van der Waals surface area contributed by atoms with E-state index < -0.39 is 5.82 Å². The molecular weight excluding hydrogens is 417 g/mol. The van der Waals surface area contributed by atoms with E-state index >= 15 is 0 Å². The van der Waals surface area contributed by atoms with E-state index in [4.69, 9.17) is 11.6 Å². The van der Waals surface area contributed by atoms with Crippen molar-refractivity contribution in [2.45, 2.75) is 6.42 Å². The second kappa shape index (κ2) is 9.41. The normalized spacial score (nSPS) is 14.5. The lowest BCUT2D eigenvalue weighted by Crippen LogP contribution is -2.44. The summed E-state index contributed by atoms with van der Waals surface area (Å²) in [5.74, 6) is 0.0557. The van der Waals surface area contributed by atoms with Crippen molar-refractivity contribution in [2.75, 3.05) is 43.4 Å². The molecule has 0 atom stereocenters. The summed E-state index contributed by atoms with van der Waals surface area (Å²) in [5, 5.41) is 11.7. The Balaban J connectivity index is 1.38. The Morgan fingerprint density at radius 3 is 2.42 bits per heavy atom. The number of benzene rings is 2. The maximum atomic E-state index is 13.9. The summed E-state index contributed by atoms with van der Waals surface area (Å²) in [4.78, 5) is 16.8. The number of aromatic nitrogens is 2. The molecule has 2 aromatic carbocycles. The van der Waals surface area contributed by atoms with Crippen LogP contribution in [-0.4, -0.2) is 54.2 Å². The van der Waals surface area contributed by atoms with Gasteiger partial charge in [-0.3, -0.25) is 4.79 Å². The van der Waals surface area contributed by atoms with Gasteiger partial charge in [0, 0.05) is 48.0 Å². The maximum Gasteiger partial charge on any atom is 0.228 e. The van der Waals surface area contributed by atoms with E-state index in [2.05, 4.69) is 32.4 Å². The molecule has 1 aliphatic rings. The van der Waals surface area contributed by atoms with Crippen LogP contribution in [0.2, 0.25) is 5.02 Å². The number of nitrogens with zero attached hydrogens (tertiary/aromatic N) is 4. The molecule has 31 heavy (non-hydrogen) atoms. The second-order valence-electron chi connectivity index (χ2n) is 7.57. The van der Waals surface area contributed by atoms with Crippen molar-refractivity contribution in [1.82, 2.24) is 15.1 Å². The van der Waals surface area contributed by atoms with Gasteiger partial charge in [-0.1, -0.05) is 29.8 Å². The van der Waals surface area contributed by atoms with Crippen molar-refractivity contribution in [1.29, 1.82) is 0 Å². The fourth-order valence-electron chi connectivity index (χ4n) is 3.47. The molecule has 0 unspecified atom stereocenters. The van der Waals surface area contributed by atoms with Gasteiger partial charge in [0.2, 0.25) is 5.91 Å². The van der Waals surface area contributed by atoms with Gasteiger partial charge in [-0.05, 0) is 43.4 Å². The van der Waals surface area contributed by atoms with Crippen molar-refractivity contribution in [3.8, 4) is 11.3 Å². The first-order valence-electron chi connectivity index (χ1n) is 10.1. The molecule has 1 N–H and O–H groups in total. The zero-order valence-corrected chi connectivity index (χ0v) is 17.9. The predicted octanol–water partition coefficient (Wildman–Crippen LogP) is 3.87. The molecule has 0 radical (unpaired) electrons. The van der Waals surface area contributed by atoms with Crippen molar-refractivity contribution < 1.29 is 9.18 Å². The minimum atomic E-state index is -0.489. The first-order valence-corrected chi connectivity index (χ1v) is 10.5. The minimum absolute atomic E-state index is 0.132. The van der Waals surface area contributed by atoms with E-state index in [0.29, 0.717) is 5.69 Å². The van der Waals surface area contributed by atoms with Gasteiger partial charge in [0.15, 0.2) is 5.82 Å². The lowest BCUT2D eigenvalue weighted by atomic mass is 10.1. The molecule has 3 aromatic rings. The fraction of sp³-hybridized carbons (Fsp3) is 0.261. The topological polar surface area (TPSA) is 61.4 Å². The van der Waals surface area contributed by atoms with Crippen molar-refractivity contribution in [3.63, 3.8) is 0 Å². The number of halogens is 2. The molecule has 1 amide bonds. The zero-order chi connectivity index (χ0) is 21.8. The third kappa shape index (κ3) is 5.18. The number of amides is 1. The highest BCUT2D eigenvalue weighted by Crippen LogP contribution is 2.23. The fourth-order valence-corrected chi connectivity index (χ4v) is 3.70. The molecule has 0 spiro atoms. The number of nitrogens with one attached hydrogen (secondary N) is 1. The van der Waals surface area contributed by atoms with Crippen LogP contribution in [0.4, 0.5) is 15.9 Å². The summed E-state index contributed by atoms with van der Waals surface area (Å²) in [7, 11) is 2.12. The van der Waals surface area contributed by atoms with E-state index in [0.717, 1.165) is 43.3 Å². The highest BCUT2D eigenvalue weighted by atomic mass is 35.5. The highest BCUT2D eigenvalue weighted by molar-refractivity contribution is 6.31. The zero-order valence-electron chi connectivity index (χ0n) is 17.2. The van der Waals surface area contributed by atoms with Crippen molar-refractivity contribution >= 4 is 29.0 Å². The van der Waals surface area contributed by atoms with E-state index in [1.54, 1.807) is 18.2 Å². The maximum absolute atomic E-state index is 13.9. The quantitative estimate of drug-likeness (QED) is 0.654. The number of piperazine rings is 1. The van der Waals surface area contributed by atoms with Crippen LogP contribution in [0.5, 0.6) is 0 Å². The molecule has 160 valence electrons. The minimum Gasteiger partial charge on any atom is -0.353 e. The number of carbonyl (C=O) groups excluding carboxylic acids is 1. The molecule has 1 fully saturated rings. The van der Waals surface area contributed by atoms with Crippen LogP contribution in [0.15, 0.2) is 54.6 Å². The average Bonchev–Trinajstić information content (AvgIpc) is 2.78. The van der Waals surface area contributed by atoms with E-state index in [-0.39, 0.29) is 22.9 Å². The van der Waals surface area contributed by atoms with Crippen molar-refractivity contribution in [3.05, 3.63) is 71.0 Å². The summed E-state index contributed by atoms with van der Waals surface area (Å²) in [5.41, 5.74) is 2.46. The smallest absolute Gasteiger partial charge is 0.228 e. The number of carbonyl (C=O) groups is 1. The third-order valence-electron chi connectivity index (χ3n) is 5.34. The summed E-state index contributed by atoms with van der Waals surface area (Å²) in [6, 6.07) is 15.6. The van der Waals surface area contributed by atoms with Crippen LogP contribution in [0, 0.1) is 5.82 Å². The van der Waals surface area contributed by atoms with Gasteiger partial charge in [0.1, 0.15) is 5.82 Å². The summed E-state index contributed by atoms with van der Waals surface area (Å²) in [6.07, 6.45) is -0.132. The highest BCUT2D eigenvalue weighted by Gasteiger charge is 2.16. The molecule has 0 aliphatic carbocycles. The van der Waals surface area contributed by atoms with Crippen LogP contribution in [-0.2, 0) is 11.2 Å². The summed E-state index contributed by atoms with van der Waals surface area (Å²) >= 11 is 5.99. The Bertz CT molecular complexity index is 1030. The molecule has 0 bridgehead atoms. The molecule has 0 saturated carbocycles. The number of anilines is 2. The Hall–Kier alpha value is -3.03. The van der Waals surface area contributed by atoms with E-state index in [1.165, 1.54) is 12.1 Å². The van der Waals surface area contributed by atoms with Gasteiger partial charge >= 0.3 is 0 Å². The molecule has 1 aliphatic heterocycles. The predicted molar refractivity (Wildman–Crippen MR) is 121 cm³/mol. The van der Waals surface area contributed by atoms with E-state index in [9.17, 15) is 9.18 Å². The summed E-state index contributed by atoms with van der Waals surface area (Å²) < 4.78 is 13.9. The number of rotatable bonds is 5. The molecular formula is C23H23ClFN5O. The molecule has 1 saturated heterocycles.